The fourth-order valence-corrected chi connectivity index (χ4v) is 9.04. The van der Waals surface area contributed by atoms with Gasteiger partial charge in [-0.3, -0.25) is 4.57 Å². The minimum atomic E-state index is 0.560. The molecule has 0 spiro atoms. The zero-order valence-corrected chi connectivity index (χ0v) is 32.4. The maximum absolute atomic E-state index is 5.39. The standard InChI is InChI=1S/C55H35N5/c1-3-15-36(16-4-1)37-27-29-40(30-28-37)53-56-54(46-24-10-9-20-42(46)38-17-5-2-6-18-38)58-55(57-53)60-50-34-32-41(35-47(50)52-43-21-8-7-19-39(43)31-33-51(52)60)59-48-25-13-11-22-44(48)45-23-12-14-26-49(45)59/h1-35H. The van der Waals surface area contributed by atoms with Crippen LogP contribution in [0, 0.1) is 0 Å². The van der Waals surface area contributed by atoms with Gasteiger partial charge in [0.05, 0.1) is 22.1 Å². The van der Waals surface area contributed by atoms with E-state index in [1.165, 1.54) is 32.6 Å². The topological polar surface area (TPSA) is 48.5 Å². The molecule has 280 valence electrons. The Morgan fingerprint density at radius 3 is 1.57 bits per heavy atom. The molecule has 12 aromatic rings. The maximum atomic E-state index is 5.39. The fraction of sp³-hybridized carbons (Fsp3) is 0. The van der Waals surface area contributed by atoms with Crippen LogP contribution in [0.25, 0.3) is 111 Å². The van der Waals surface area contributed by atoms with Gasteiger partial charge in [-0.25, -0.2) is 4.98 Å². The first-order valence-corrected chi connectivity index (χ1v) is 20.3. The van der Waals surface area contributed by atoms with Gasteiger partial charge in [-0.2, -0.15) is 9.97 Å². The quantitative estimate of drug-likeness (QED) is 0.169. The van der Waals surface area contributed by atoms with Crippen molar-refractivity contribution in [3.63, 3.8) is 0 Å². The number of hydrogen-bond donors (Lipinski definition) is 0. The largest absolute Gasteiger partial charge is 0.309 e. The third kappa shape index (κ3) is 5.44. The lowest BCUT2D eigenvalue weighted by molar-refractivity contribution is 0.953. The Hall–Kier alpha value is -8.15. The number of aromatic nitrogens is 5. The molecule has 60 heavy (non-hydrogen) atoms. The van der Waals surface area contributed by atoms with E-state index in [1.54, 1.807) is 0 Å². The van der Waals surface area contributed by atoms with Crippen molar-refractivity contribution in [2.24, 2.45) is 0 Å². The smallest absolute Gasteiger partial charge is 0.238 e. The van der Waals surface area contributed by atoms with Gasteiger partial charge in [-0.1, -0.05) is 176 Å². The summed E-state index contributed by atoms with van der Waals surface area (Å²) in [5, 5.41) is 7.11. The summed E-state index contributed by atoms with van der Waals surface area (Å²) in [7, 11) is 0. The number of rotatable bonds is 6. The van der Waals surface area contributed by atoms with Crippen molar-refractivity contribution in [3.05, 3.63) is 212 Å². The van der Waals surface area contributed by atoms with Crippen LogP contribution >= 0.6 is 0 Å². The average Bonchev–Trinajstić information content (AvgIpc) is 3.85. The van der Waals surface area contributed by atoms with E-state index in [9.17, 15) is 0 Å². The van der Waals surface area contributed by atoms with Crippen molar-refractivity contribution >= 4 is 54.4 Å². The van der Waals surface area contributed by atoms with E-state index >= 15 is 0 Å². The van der Waals surface area contributed by atoms with E-state index < -0.39 is 0 Å². The molecule has 5 heteroatoms. The van der Waals surface area contributed by atoms with Crippen molar-refractivity contribution < 1.29 is 0 Å². The van der Waals surface area contributed by atoms with Gasteiger partial charge in [0, 0.05) is 38.4 Å². The molecule has 5 nitrogen and oxygen atoms in total. The summed E-state index contributed by atoms with van der Waals surface area (Å²) in [4.78, 5) is 16.0. The number of hydrogen-bond acceptors (Lipinski definition) is 3. The third-order valence-corrected chi connectivity index (χ3v) is 11.8. The summed E-state index contributed by atoms with van der Waals surface area (Å²) in [6.45, 7) is 0. The second-order valence-electron chi connectivity index (χ2n) is 15.2. The molecule has 0 aliphatic carbocycles. The average molecular weight is 766 g/mol. The first kappa shape index (κ1) is 33.9. The van der Waals surface area contributed by atoms with Gasteiger partial charge < -0.3 is 4.57 Å². The molecule has 9 aromatic carbocycles. The Bertz CT molecular complexity index is 3530. The van der Waals surface area contributed by atoms with E-state index in [1.807, 2.05) is 12.1 Å². The van der Waals surface area contributed by atoms with Crippen molar-refractivity contribution in [1.82, 2.24) is 24.1 Å². The summed E-state index contributed by atoms with van der Waals surface area (Å²) >= 11 is 0. The number of benzene rings is 9. The first-order chi connectivity index (χ1) is 29.8. The lowest BCUT2D eigenvalue weighted by Gasteiger charge is -2.14. The lowest BCUT2D eigenvalue weighted by Crippen LogP contribution is -2.07. The lowest BCUT2D eigenvalue weighted by atomic mass is 9.99. The van der Waals surface area contributed by atoms with Crippen LogP contribution in [0.2, 0.25) is 0 Å². The molecule has 0 aliphatic heterocycles. The van der Waals surface area contributed by atoms with E-state index in [4.69, 9.17) is 15.0 Å². The molecular formula is C55H35N5. The van der Waals surface area contributed by atoms with Gasteiger partial charge in [0.15, 0.2) is 11.6 Å². The second kappa shape index (κ2) is 13.8. The monoisotopic (exact) mass is 765 g/mol. The third-order valence-electron chi connectivity index (χ3n) is 11.8. The highest BCUT2D eigenvalue weighted by molar-refractivity contribution is 6.21. The molecule has 0 saturated heterocycles. The SMILES string of the molecule is c1ccc(-c2ccc(-c3nc(-c4ccccc4-c4ccccc4)nc(-n4c5ccc(-n6c7ccccc7c7ccccc76)cc5c5c6ccccc6ccc54)n3)cc2)cc1. The minimum Gasteiger partial charge on any atom is -0.309 e. The predicted molar refractivity (Wildman–Crippen MR) is 248 cm³/mol. The maximum Gasteiger partial charge on any atom is 0.238 e. The molecule has 0 atom stereocenters. The van der Waals surface area contributed by atoms with Crippen molar-refractivity contribution in [3.8, 4) is 56.7 Å². The number of para-hydroxylation sites is 2. The summed E-state index contributed by atoms with van der Waals surface area (Å²) in [6.07, 6.45) is 0. The molecule has 0 fully saturated rings. The highest BCUT2D eigenvalue weighted by Gasteiger charge is 2.22. The molecule has 0 saturated carbocycles. The Kier molecular flexibility index (Phi) is 7.78. The molecule has 0 N–H and O–H groups in total. The highest BCUT2D eigenvalue weighted by atomic mass is 15.2. The molecule has 3 aromatic heterocycles. The molecule has 12 rings (SSSR count). The van der Waals surface area contributed by atoms with Crippen LogP contribution in [-0.4, -0.2) is 24.1 Å². The van der Waals surface area contributed by atoms with Crippen molar-refractivity contribution in [2.45, 2.75) is 0 Å². The van der Waals surface area contributed by atoms with E-state index in [0.29, 0.717) is 17.6 Å². The Labute approximate surface area is 346 Å². The molecule has 3 heterocycles. The molecular weight excluding hydrogens is 731 g/mol. The molecule has 0 unspecified atom stereocenters. The van der Waals surface area contributed by atoms with Crippen molar-refractivity contribution in [1.29, 1.82) is 0 Å². The van der Waals surface area contributed by atoms with E-state index in [2.05, 4.69) is 209 Å². The minimum absolute atomic E-state index is 0.560. The van der Waals surface area contributed by atoms with Crippen LogP contribution < -0.4 is 0 Å². The highest BCUT2D eigenvalue weighted by Crippen LogP contribution is 2.40. The van der Waals surface area contributed by atoms with Crippen LogP contribution in [0.1, 0.15) is 0 Å². The second-order valence-corrected chi connectivity index (χ2v) is 15.2. The fourth-order valence-electron chi connectivity index (χ4n) is 9.04. The zero-order chi connectivity index (χ0) is 39.6. The van der Waals surface area contributed by atoms with E-state index in [0.717, 1.165) is 60.9 Å². The summed E-state index contributed by atoms with van der Waals surface area (Å²) in [6, 6.07) is 75.0. The predicted octanol–water partition coefficient (Wildman–Crippen LogP) is 13.9. The van der Waals surface area contributed by atoms with Crippen LogP contribution in [-0.2, 0) is 0 Å². The van der Waals surface area contributed by atoms with Gasteiger partial charge >= 0.3 is 0 Å². The molecule has 0 bridgehead atoms. The van der Waals surface area contributed by atoms with Gasteiger partial charge in [-0.05, 0) is 69.4 Å². The van der Waals surface area contributed by atoms with E-state index in [-0.39, 0.29) is 0 Å². The van der Waals surface area contributed by atoms with Gasteiger partial charge in [0.2, 0.25) is 5.95 Å². The molecule has 0 radical (unpaired) electrons. The Balaban J connectivity index is 1.13. The Morgan fingerprint density at radius 1 is 0.300 bits per heavy atom. The van der Waals surface area contributed by atoms with Gasteiger partial charge in [0.1, 0.15) is 0 Å². The summed E-state index contributed by atoms with van der Waals surface area (Å²) in [5.41, 5.74) is 11.8. The van der Waals surface area contributed by atoms with Crippen LogP contribution in [0.15, 0.2) is 212 Å². The summed E-state index contributed by atoms with van der Waals surface area (Å²) in [5.74, 6) is 1.78. The normalized spacial score (nSPS) is 11.7. The van der Waals surface area contributed by atoms with Crippen molar-refractivity contribution in [2.75, 3.05) is 0 Å². The molecule has 0 aliphatic rings. The van der Waals surface area contributed by atoms with Crippen LogP contribution in [0.5, 0.6) is 0 Å². The number of nitrogens with zero attached hydrogens (tertiary/aromatic N) is 5. The molecule has 0 amide bonds. The van der Waals surface area contributed by atoms with Gasteiger partial charge in [-0.15, -0.1) is 0 Å². The summed E-state index contributed by atoms with van der Waals surface area (Å²) < 4.78 is 4.61. The van der Waals surface area contributed by atoms with Crippen LogP contribution in [0.3, 0.4) is 0 Å². The zero-order valence-electron chi connectivity index (χ0n) is 32.4. The number of fused-ring (bicyclic) bond motifs is 8. The van der Waals surface area contributed by atoms with Crippen LogP contribution in [0.4, 0.5) is 0 Å². The first-order valence-electron chi connectivity index (χ1n) is 20.3. The Morgan fingerprint density at radius 2 is 0.833 bits per heavy atom. The van der Waals surface area contributed by atoms with Gasteiger partial charge in [0.25, 0.3) is 0 Å².